The van der Waals surface area contributed by atoms with E-state index in [0.717, 1.165) is 12.1 Å². The molecular weight excluding hydrogens is 138 g/mol. The van der Waals surface area contributed by atoms with Gasteiger partial charge in [-0.05, 0) is 11.1 Å². The van der Waals surface area contributed by atoms with Gasteiger partial charge >= 0.3 is 0 Å². The molecule has 0 aliphatic carbocycles. The van der Waals surface area contributed by atoms with Gasteiger partial charge in [0.2, 0.25) is 0 Å². The average Bonchev–Trinajstić information content (AvgIpc) is 2.04. The van der Waals surface area contributed by atoms with Gasteiger partial charge in [-0.2, -0.15) is 0 Å². The number of aliphatic hydroxyl groups is 1. The van der Waals surface area contributed by atoms with Crippen molar-refractivity contribution in [2.75, 3.05) is 0 Å². The molecule has 0 atom stereocenters. The molecule has 0 amide bonds. The molecule has 11 heavy (non-hydrogen) atoms. The van der Waals surface area contributed by atoms with E-state index in [1.165, 1.54) is 5.56 Å². The van der Waals surface area contributed by atoms with Crippen LogP contribution in [-0.4, -0.2) is 5.11 Å². The zero-order valence-corrected chi connectivity index (χ0v) is 6.04. The Labute approximate surface area is 65.2 Å². The first-order chi connectivity index (χ1) is 5.36. The van der Waals surface area contributed by atoms with Crippen molar-refractivity contribution in [1.29, 1.82) is 0 Å². The Morgan fingerprint density at radius 1 is 1.27 bits per heavy atom. The van der Waals surface area contributed by atoms with Gasteiger partial charge in [0.05, 0.1) is 0 Å². The highest BCUT2D eigenvalue weighted by atomic mass is 16.3. The van der Waals surface area contributed by atoms with Crippen molar-refractivity contribution in [1.82, 2.24) is 5.32 Å². The second kappa shape index (κ2) is 2.31. The fourth-order valence-electron chi connectivity index (χ4n) is 1.22. The van der Waals surface area contributed by atoms with Crippen LogP contribution in [0.2, 0.25) is 0 Å². The summed E-state index contributed by atoms with van der Waals surface area (Å²) in [7, 11) is 0. The number of rotatable bonds is 0. The van der Waals surface area contributed by atoms with Crippen LogP contribution >= 0.6 is 0 Å². The van der Waals surface area contributed by atoms with Gasteiger partial charge in [0.25, 0.3) is 0 Å². The predicted molar refractivity (Wildman–Crippen MR) is 43.9 cm³/mol. The molecule has 0 saturated heterocycles. The second-order valence-electron chi connectivity index (χ2n) is 2.58. The highest BCUT2D eigenvalue weighted by molar-refractivity contribution is 5.56. The van der Waals surface area contributed by atoms with Crippen LogP contribution < -0.4 is 5.32 Å². The molecule has 1 aromatic carbocycles. The van der Waals surface area contributed by atoms with Gasteiger partial charge in [-0.1, -0.05) is 24.3 Å². The summed E-state index contributed by atoms with van der Waals surface area (Å²) in [4.78, 5) is 0. The maximum Gasteiger partial charge on any atom is 0.184 e. The number of aliphatic hydroxyl groups excluding tert-OH is 1. The minimum absolute atomic E-state index is 0.253. The molecule has 56 valence electrons. The third-order valence-electron chi connectivity index (χ3n) is 1.81. The van der Waals surface area contributed by atoms with Crippen LogP contribution in [0.15, 0.2) is 30.1 Å². The summed E-state index contributed by atoms with van der Waals surface area (Å²) >= 11 is 0. The molecule has 1 heterocycles. The lowest BCUT2D eigenvalue weighted by Crippen LogP contribution is -2.16. The van der Waals surface area contributed by atoms with Crippen molar-refractivity contribution in [2.24, 2.45) is 0 Å². The van der Waals surface area contributed by atoms with E-state index >= 15 is 0 Å². The van der Waals surface area contributed by atoms with Gasteiger partial charge in [-0.25, -0.2) is 0 Å². The molecule has 0 aromatic heterocycles. The highest BCUT2D eigenvalue weighted by Gasteiger charge is 2.05. The molecule has 2 rings (SSSR count). The van der Waals surface area contributed by atoms with Gasteiger partial charge in [-0.3, -0.25) is 0 Å². The molecule has 2 heteroatoms. The van der Waals surface area contributed by atoms with E-state index in [0.29, 0.717) is 0 Å². The van der Waals surface area contributed by atoms with Gasteiger partial charge in [0, 0.05) is 12.6 Å². The van der Waals surface area contributed by atoms with Gasteiger partial charge in [-0.15, -0.1) is 0 Å². The summed E-state index contributed by atoms with van der Waals surface area (Å²) in [5, 5.41) is 12.0. The van der Waals surface area contributed by atoms with Crippen LogP contribution in [0.3, 0.4) is 0 Å². The molecule has 2 nitrogen and oxygen atoms in total. The molecule has 0 radical (unpaired) electrons. The quantitative estimate of drug-likeness (QED) is 0.584. The number of hydrogen-bond donors (Lipinski definition) is 2. The van der Waals surface area contributed by atoms with Crippen molar-refractivity contribution in [3.63, 3.8) is 0 Å². The summed E-state index contributed by atoms with van der Waals surface area (Å²) in [5.74, 6) is 0.253. The Balaban J connectivity index is 2.51. The number of benzene rings is 1. The minimum atomic E-state index is 0.253. The molecular formula is C9H9NO. The zero-order valence-electron chi connectivity index (χ0n) is 6.04. The monoisotopic (exact) mass is 147 g/mol. The lowest BCUT2D eigenvalue weighted by atomic mass is 10.1. The molecule has 0 unspecified atom stereocenters. The van der Waals surface area contributed by atoms with Crippen molar-refractivity contribution in [3.8, 4) is 0 Å². The first-order valence-corrected chi connectivity index (χ1v) is 3.59. The first kappa shape index (κ1) is 6.28. The Bertz CT molecular complexity index is 304. The lowest BCUT2D eigenvalue weighted by molar-refractivity contribution is 0.365. The summed E-state index contributed by atoms with van der Waals surface area (Å²) in [6, 6.07) is 8.00. The van der Waals surface area contributed by atoms with Crippen molar-refractivity contribution in [2.45, 2.75) is 6.54 Å². The number of nitrogens with one attached hydrogen (secondary N) is 1. The summed E-state index contributed by atoms with van der Waals surface area (Å²) in [5.41, 5.74) is 2.33. The summed E-state index contributed by atoms with van der Waals surface area (Å²) in [6.45, 7) is 0.721. The van der Waals surface area contributed by atoms with E-state index in [-0.39, 0.29) is 5.88 Å². The Morgan fingerprint density at radius 2 is 2.09 bits per heavy atom. The fraction of sp³-hybridized carbons (Fsp3) is 0.111. The normalized spacial score (nSPS) is 14.7. The molecule has 1 aromatic rings. The average molecular weight is 147 g/mol. The van der Waals surface area contributed by atoms with Crippen LogP contribution in [0.4, 0.5) is 0 Å². The molecule has 0 fully saturated rings. The van der Waals surface area contributed by atoms with E-state index in [9.17, 15) is 0 Å². The van der Waals surface area contributed by atoms with E-state index in [2.05, 4.69) is 5.32 Å². The second-order valence-corrected chi connectivity index (χ2v) is 2.58. The van der Waals surface area contributed by atoms with Crippen molar-refractivity contribution in [3.05, 3.63) is 41.3 Å². The number of fused-ring (bicyclic) bond motifs is 1. The van der Waals surface area contributed by atoms with E-state index in [4.69, 9.17) is 5.11 Å². The van der Waals surface area contributed by atoms with Gasteiger partial charge < -0.3 is 10.4 Å². The Morgan fingerprint density at radius 3 is 3.00 bits per heavy atom. The minimum Gasteiger partial charge on any atom is -0.495 e. The Hall–Kier alpha value is -1.44. The first-order valence-electron chi connectivity index (χ1n) is 3.59. The smallest absolute Gasteiger partial charge is 0.184 e. The molecule has 0 spiro atoms. The van der Waals surface area contributed by atoms with Crippen LogP contribution in [-0.2, 0) is 6.54 Å². The summed E-state index contributed by atoms with van der Waals surface area (Å²) < 4.78 is 0. The molecule has 1 aliphatic heterocycles. The van der Waals surface area contributed by atoms with E-state index < -0.39 is 0 Å². The third kappa shape index (κ3) is 1.07. The van der Waals surface area contributed by atoms with Crippen LogP contribution in [0.25, 0.3) is 6.08 Å². The van der Waals surface area contributed by atoms with Crippen LogP contribution in [0, 0.1) is 0 Å². The SMILES string of the molecule is OC1=Cc2ccccc2CN1. The van der Waals surface area contributed by atoms with E-state index in [1.54, 1.807) is 6.08 Å². The maximum absolute atomic E-state index is 9.11. The third-order valence-corrected chi connectivity index (χ3v) is 1.81. The largest absolute Gasteiger partial charge is 0.495 e. The standard InChI is InChI=1S/C9H9NO/c11-9-5-7-3-1-2-4-8(7)6-10-9/h1-5,10-11H,6H2. The number of hydrogen-bond acceptors (Lipinski definition) is 2. The van der Waals surface area contributed by atoms with E-state index in [1.807, 2.05) is 24.3 Å². The maximum atomic E-state index is 9.11. The highest BCUT2D eigenvalue weighted by Crippen LogP contribution is 2.15. The lowest BCUT2D eigenvalue weighted by Gasteiger charge is -2.13. The molecule has 1 aliphatic rings. The molecule has 0 saturated carbocycles. The summed E-state index contributed by atoms with van der Waals surface area (Å²) in [6.07, 6.45) is 1.73. The van der Waals surface area contributed by atoms with Crippen LogP contribution in [0.1, 0.15) is 11.1 Å². The van der Waals surface area contributed by atoms with Crippen molar-refractivity contribution >= 4 is 6.08 Å². The fourth-order valence-corrected chi connectivity index (χ4v) is 1.22. The van der Waals surface area contributed by atoms with Gasteiger partial charge in [0.1, 0.15) is 0 Å². The van der Waals surface area contributed by atoms with Gasteiger partial charge in [0.15, 0.2) is 5.88 Å². The van der Waals surface area contributed by atoms with Crippen molar-refractivity contribution < 1.29 is 5.11 Å². The molecule has 0 bridgehead atoms. The Kier molecular flexibility index (Phi) is 1.32. The molecule has 2 N–H and O–H groups in total. The zero-order chi connectivity index (χ0) is 7.68. The van der Waals surface area contributed by atoms with Crippen LogP contribution in [0.5, 0.6) is 0 Å². The topological polar surface area (TPSA) is 32.3 Å². The predicted octanol–water partition coefficient (Wildman–Crippen LogP) is 1.65.